The molecule has 1 unspecified atom stereocenters. The molecule has 0 radical (unpaired) electrons. The highest BCUT2D eigenvalue weighted by Gasteiger charge is 2.23. The first-order valence-corrected chi connectivity index (χ1v) is 5.25. The molecule has 0 saturated carbocycles. The molecule has 1 fully saturated rings. The molecule has 1 aromatic rings. The van der Waals surface area contributed by atoms with Gasteiger partial charge in [0.25, 0.3) is 0 Å². The van der Waals surface area contributed by atoms with E-state index in [9.17, 15) is 0 Å². The number of hydrogen-bond donors (Lipinski definition) is 0. The Balaban J connectivity index is 1.91. The Morgan fingerprint density at radius 2 is 2.46 bits per heavy atom. The van der Waals surface area contributed by atoms with Gasteiger partial charge in [-0.3, -0.25) is 0 Å². The SMILES string of the molecule is CN(C)Cc1cnc(CC2CO2)s1. The first-order valence-electron chi connectivity index (χ1n) is 4.44. The zero-order chi connectivity index (χ0) is 9.26. The molecule has 4 heteroatoms. The van der Waals surface area contributed by atoms with Crippen molar-refractivity contribution in [1.29, 1.82) is 0 Å². The van der Waals surface area contributed by atoms with Crippen LogP contribution in [0.25, 0.3) is 0 Å². The zero-order valence-corrected chi connectivity index (χ0v) is 8.80. The monoisotopic (exact) mass is 198 g/mol. The number of hydrogen-bond acceptors (Lipinski definition) is 4. The van der Waals surface area contributed by atoms with E-state index in [1.165, 1.54) is 9.88 Å². The standard InChI is InChI=1S/C9H14N2OS/c1-11(2)5-8-4-10-9(13-8)3-7-6-12-7/h4,7H,3,5-6H2,1-2H3. The van der Waals surface area contributed by atoms with E-state index >= 15 is 0 Å². The summed E-state index contributed by atoms with van der Waals surface area (Å²) in [6, 6.07) is 0. The molecule has 0 bridgehead atoms. The fourth-order valence-electron chi connectivity index (χ4n) is 1.21. The maximum Gasteiger partial charge on any atom is 0.0954 e. The molecule has 1 saturated heterocycles. The number of nitrogens with zero attached hydrogens (tertiary/aromatic N) is 2. The molecule has 0 N–H and O–H groups in total. The van der Waals surface area contributed by atoms with Gasteiger partial charge < -0.3 is 9.64 Å². The average molecular weight is 198 g/mol. The smallest absolute Gasteiger partial charge is 0.0954 e. The van der Waals surface area contributed by atoms with Crippen LogP contribution in [0.3, 0.4) is 0 Å². The van der Waals surface area contributed by atoms with Crippen molar-refractivity contribution in [3.05, 3.63) is 16.1 Å². The first kappa shape index (κ1) is 9.12. The van der Waals surface area contributed by atoms with Crippen LogP contribution in [0.4, 0.5) is 0 Å². The highest BCUT2D eigenvalue weighted by Crippen LogP contribution is 2.20. The van der Waals surface area contributed by atoms with Crippen LogP contribution in [0.2, 0.25) is 0 Å². The van der Waals surface area contributed by atoms with Crippen LogP contribution < -0.4 is 0 Å². The molecule has 1 aromatic heterocycles. The summed E-state index contributed by atoms with van der Waals surface area (Å²) in [4.78, 5) is 7.85. The van der Waals surface area contributed by atoms with E-state index in [0.717, 1.165) is 19.6 Å². The largest absolute Gasteiger partial charge is 0.373 e. The normalized spacial score (nSPS) is 21.0. The highest BCUT2D eigenvalue weighted by molar-refractivity contribution is 7.11. The van der Waals surface area contributed by atoms with Crippen molar-refractivity contribution in [2.24, 2.45) is 0 Å². The molecule has 2 rings (SSSR count). The van der Waals surface area contributed by atoms with Crippen LogP contribution >= 0.6 is 11.3 Å². The molecule has 13 heavy (non-hydrogen) atoms. The van der Waals surface area contributed by atoms with E-state index in [0.29, 0.717) is 6.10 Å². The fourth-order valence-corrected chi connectivity index (χ4v) is 2.31. The Morgan fingerprint density at radius 3 is 3.08 bits per heavy atom. The summed E-state index contributed by atoms with van der Waals surface area (Å²) < 4.78 is 5.16. The summed E-state index contributed by atoms with van der Waals surface area (Å²) in [6.07, 6.45) is 3.43. The van der Waals surface area contributed by atoms with Crippen LogP contribution in [0, 0.1) is 0 Å². The second kappa shape index (κ2) is 3.74. The molecule has 1 atom stereocenters. The van der Waals surface area contributed by atoms with Crippen molar-refractivity contribution in [3.63, 3.8) is 0 Å². The molecule has 72 valence electrons. The first-order chi connectivity index (χ1) is 6.24. The van der Waals surface area contributed by atoms with E-state index in [2.05, 4.69) is 24.0 Å². The minimum absolute atomic E-state index is 0.457. The van der Waals surface area contributed by atoms with Gasteiger partial charge in [0, 0.05) is 24.0 Å². The quantitative estimate of drug-likeness (QED) is 0.679. The molecule has 0 aromatic carbocycles. The minimum atomic E-state index is 0.457. The van der Waals surface area contributed by atoms with Gasteiger partial charge in [-0.25, -0.2) is 4.98 Å². The van der Waals surface area contributed by atoms with Crippen molar-refractivity contribution in [1.82, 2.24) is 9.88 Å². The van der Waals surface area contributed by atoms with E-state index in [1.807, 2.05) is 6.20 Å². The van der Waals surface area contributed by atoms with Gasteiger partial charge in [0.05, 0.1) is 17.7 Å². The molecule has 0 aliphatic carbocycles. The molecule has 3 nitrogen and oxygen atoms in total. The number of thiazole rings is 1. The van der Waals surface area contributed by atoms with Gasteiger partial charge in [0.15, 0.2) is 0 Å². The second-order valence-corrected chi connectivity index (χ2v) is 4.82. The van der Waals surface area contributed by atoms with E-state index < -0.39 is 0 Å². The average Bonchev–Trinajstić information content (AvgIpc) is 2.73. The Morgan fingerprint density at radius 1 is 1.69 bits per heavy atom. The molecule has 0 amide bonds. The maximum absolute atomic E-state index is 5.16. The van der Waals surface area contributed by atoms with Gasteiger partial charge in [-0.15, -0.1) is 11.3 Å². The molecule has 2 heterocycles. The van der Waals surface area contributed by atoms with Crippen LogP contribution in [0.5, 0.6) is 0 Å². The van der Waals surface area contributed by atoms with Crippen LogP contribution in [-0.4, -0.2) is 36.7 Å². The summed E-state index contributed by atoms with van der Waals surface area (Å²) in [5.74, 6) is 0. The van der Waals surface area contributed by atoms with Crippen molar-refractivity contribution in [2.75, 3.05) is 20.7 Å². The van der Waals surface area contributed by atoms with Crippen molar-refractivity contribution in [3.8, 4) is 0 Å². The van der Waals surface area contributed by atoms with E-state index in [4.69, 9.17) is 4.74 Å². The van der Waals surface area contributed by atoms with Gasteiger partial charge in [0.2, 0.25) is 0 Å². The Bertz CT molecular complexity index is 262. The van der Waals surface area contributed by atoms with Crippen molar-refractivity contribution >= 4 is 11.3 Å². The number of rotatable bonds is 4. The summed E-state index contributed by atoms with van der Waals surface area (Å²) >= 11 is 1.80. The molecular formula is C9H14N2OS. The minimum Gasteiger partial charge on any atom is -0.373 e. The third-order valence-electron chi connectivity index (χ3n) is 1.88. The summed E-state index contributed by atoms with van der Waals surface area (Å²) in [5.41, 5.74) is 0. The maximum atomic E-state index is 5.16. The van der Waals surface area contributed by atoms with Crippen LogP contribution in [0.15, 0.2) is 6.20 Å². The number of ether oxygens (including phenoxy) is 1. The van der Waals surface area contributed by atoms with Crippen LogP contribution in [-0.2, 0) is 17.7 Å². The van der Waals surface area contributed by atoms with Crippen LogP contribution in [0.1, 0.15) is 9.88 Å². The molecular weight excluding hydrogens is 184 g/mol. The molecule has 1 aliphatic heterocycles. The zero-order valence-electron chi connectivity index (χ0n) is 7.99. The lowest BCUT2D eigenvalue weighted by Crippen LogP contribution is -2.09. The van der Waals surface area contributed by atoms with Gasteiger partial charge in [-0.2, -0.15) is 0 Å². The van der Waals surface area contributed by atoms with Gasteiger partial charge >= 0.3 is 0 Å². The Labute approximate surface area is 82.3 Å². The highest BCUT2D eigenvalue weighted by atomic mass is 32.1. The third-order valence-corrected chi connectivity index (χ3v) is 2.88. The summed E-state index contributed by atoms with van der Waals surface area (Å²) in [5, 5.41) is 1.21. The van der Waals surface area contributed by atoms with Gasteiger partial charge in [-0.05, 0) is 14.1 Å². The predicted octanol–water partition coefficient (Wildman–Crippen LogP) is 1.15. The number of aromatic nitrogens is 1. The van der Waals surface area contributed by atoms with E-state index in [-0.39, 0.29) is 0 Å². The summed E-state index contributed by atoms with van der Waals surface area (Å²) in [6.45, 7) is 1.91. The lowest BCUT2D eigenvalue weighted by molar-refractivity contribution is 0.406. The van der Waals surface area contributed by atoms with Gasteiger partial charge in [-0.1, -0.05) is 0 Å². The second-order valence-electron chi connectivity index (χ2n) is 3.62. The fraction of sp³-hybridized carbons (Fsp3) is 0.667. The third kappa shape index (κ3) is 2.76. The Hall–Kier alpha value is -0.450. The lowest BCUT2D eigenvalue weighted by atomic mass is 10.3. The van der Waals surface area contributed by atoms with Crippen molar-refractivity contribution < 1.29 is 4.74 Å². The Kier molecular flexibility index (Phi) is 2.62. The van der Waals surface area contributed by atoms with Crippen molar-refractivity contribution in [2.45, 2.75) is 19.1 Å². The molecule has 1 aliphatic rings. The predicted molar refractivity (Wildman–Crippen MR) is 52.9 cm³/mol. The number of epoxide rings is 1. The summed E-state index contributed by atoms with van der Waals surface area (Å²) in [7, 11) is 4.15. The molecule has 0 spiro atoms. The lowest BCUT2D eigenvalue weighted by Gasteiger charge is -2.05. The topological polar surface area (TPSA) is 28.7 Å². The van der Waals surface area contributed by atoms with Gasteiger partial charge in [0.1, 0.15) is 0 Å². The van der Waals surface area contributed by atoms with E-state index in [1.54, 1.807) is 11.3 Å².